The lowest BCUT2D eigenvalue weighted by Crippen LogP contribution is -2.38. The summed E-state index contributed by atoms with van der Waals surface area (Å²) in [6.45, 7) is 0.449. The molecule has 1 atom stereocenters. The van der Waals surface area contributed by atoms with Crippen LogP contribution in [0.4, 0.5) is 10.1 Å². The molecule has 2 heterocycles. The van der Waals surface area contributed by atoms with Gasteiger partial charge >= 0.3 is 0 Å². The second-order valence-electron chi connectivity index (χ2n) is 6.23. The summed E-state index contributed by atoms with van der Waals surface area (Å²) in [5, 5.41) is 3.56. The Morgan fingerprint density at radius 1 is 1.37 bits per heavy atom. The Balaban J connectivity index is 1.95. The smallest absolute Gasteiger partial charge is 0.167 e. The molecular weight excluding hydrogens is 413 g/mol. The van der Waals surface area contributed by atoms with Gasteiger partial charge in [-0.1, -0.05) is 28.1 Å². The number of rotatable bonds is 4. The number of Topliss-reactive ketones (excluding diaryl/α,β-unsaturated/α-hetero) is 1. The molecule has 138 valence electrons. The molecule has 5 nitrogen and oxygen atoms in total. The van der Waals surface area contributed by atoms with Crippen LogP contribution in [0, 0.1) is 5.82 Å². The normalized spacial score (nSPS) is 17.9. The highest BCUT2D eigenvalue weighted by atomic mass is 79.9. The fraction of sp³-hybridized carbons (Fsp3) is 0.200. The van der Waals surface area contributed by atoms with E-state index in [-0.39, 0.29) is 16.9 Å². The topological polar surface area (TPSA) is 53.9 Å². The van der Waals surface area contributed by atoms with Crippen LogP contribution in [-0.4, -0.2) is 37.0 Å². The fourth-order valence-electron chi connectivity index (χ4n) is 3.44. The van der Waals surface area contributed by atoms with E-state index < -0.39 is 6.04 Å². The lowest BCUT2D eigenvalue weighted by Gasteiger charge is -2.26. The molecule has 4 rings (SSSR count). The summed E-state index contributed by atoms with van der Waals surface area (Å²) in [7, 11) is 1.60. The predicted molar refractivity (Wildman–Crippen MR) is 107 cm³/mol. The number of methoxy groups -OCH3 is 1. The molecule has 2 aliphatic heterocycles. The van der Waals surface area contributed by atoms with Crippen LogP contribution >= 0.6 is 15.9 Å². The van der Waals surface area contributed by atoms with E-state index in [1.54, 1.807) is 19.4 Å². The molecule has 27 heavy (non-hydrogen) atoms. The van der Waals surface area contributed by atoms with Crippen LogP contribution in [0.2, 0.25) is 0 Å². The van der Waals surface area contributed by atoms with E-state index >= 15 is 0 Å². The molecule has 1 unspecified atom stereocenters. The average Bonchev–Trinajstić information content (AvgIpc) is 3.06. The lowest BCUT2D eigenvalue weighted by molar-refractivity contribution is -0.117. The Hall–Kier alpha value is -2.67. The highest BCUT2D eigenvalue weighted by Crippen LogP contribution is 2.38. The van der Waals surface area contributed by atoms with Crippen LogP contribution in [0.25, 0.3) is 5.70 Å². The van der Waals surface area contributed by atoms with Gasteiger partial charge in [-0.25, -0.2) is 4.39 Å². The van der Waals surface area contributed by atoms with Crippen molar-refractivity contribution in [2.24, 2.45) is 4.99 Å². The van der Waals surface area contributed by atoms with Crippen molar-refractivity contribution in [3.63, 3.8) is 0 Å². The van der Waals surface area contributed by atoms with Crippen LogP contribution in [0.5, 0.6) is 5.75 Å². The number of alkyl halides is 1. The van der Waals surface area contributed by atoms with Crippen molar-refractivity contribution < 1.29 is 13.9 Å². The molecular formula is C20H17BrFN3O2. The standard InChI is InChI=1S/C20H17BrFN3O2/c1-27-18-5-3-2-4-14(18)19-20-24-11-16(17(26)9-21)25(20)15-7-6-13(22)8-12(15)10-23-19/h2-8,10,16,24H,9,11H2,1H3. The number of hydrogen-bond acceptors (Lipinski definition) is 5. The molecule has 0 spiro atoms. The third-order valence-corrected chi connectivity index (χ3v) is 5.24. The first-order chi connectivity index (χ1) is 13.1. The Kier molecular flexibility index (Phi) is 4.70. The number of ether oxygens (including phenoxy) is 1. The number of fused-ring (bicyclic) bond motifs is 3. The van der Waals surface area contributed by atoms with Crippen LogP contribution in [0.3, 0.4) is 0 Å². The van der Waals surface area contributed by atoms with E-state index in [0.29, 0.717) is 29.4 Å². The van der Waals surface area contributed by atoms with E-state index in [1.807, 2.05) is 29.2 Å². The van der Waals surface area contributed by atoms with Gasteiger partial charge in [-0.3, -0.25) is 9.79 Å². The zero-order chi connectivity index (χ0) is 19.0. The first-order valence-electron chi connectivity index (χ1n) is 8.47. The summed E-state index contributed by atoms with van der Waals surface area (Å²) in [6, 6.07) is 11.7. The van der Waals surface area contributed by atoms with Gasteiger partial charge in [0, 0.05) is 23.9 Å². The maximum absolute atomic E-state index is 13.8. The molecule has 2 aromatic carbocycles. The molecule has 1 N–H and O–H groups in total. The Bertz CT molecular complexity index is 973. The number of nitrogens with zero attached hydrogens (tertiary/aromatic N) is 2. The van der Waals surface area contributed by atoms with Crippen LogP contribution < -0.4 is 15.0 Å². The van der Waals surface area contributed by atoms with Gasteiger partial charge in [0.15, 0.2) is 5.78 Å². The van der Waals surface area contributed by atoms with Crippen LogP contribution in [0.15, 0.2) is 53.3 Å². The van der Waals surface area contributed by atoms with E-state index in [2.05, 4.69) is 26.2 Å². The average molecular weight is 430 g/mol. The van der Waals surface area contributed by atoms with E-state index in [0.717, 1.165) is 11.3 Å². The second kappa shape index (κ2) is 7.15. The molecule has 7 heteroatoms. The number of para-hydroxylation sites is 1. The fourth-order valence-corrected chi connectivity index (χ4v) is 3.81. The zero-order valence-corrected chi connectivity index (χ0v) is 16.2. The van der Waals surface area contributed by atoms with Crippen LogP contribution in [-0.2, 0) is 4.79 Å². The third-order valence-electron chi connectivity index (χ3n) is 4.69. The third kappa shape index (κ3) is 3.02. The Labute approximate surface area is 164 Å². The first-order valence-corrected chi connectivity index (χ1v) is 9.59. The molecule has 2 aromatic rings. The molecule has 0 amide bonds. The molecule has 0 saturated carbocycles. The predicted octanol–water partition coefficient (Wildman–Crippen LogP) is 3.34. The summed E-state index contributed by atoms with van der Waals surface area (Å²) in [5.41, 5.74) is 2.80. The van der Waals surface area contributed by atoms with E-state index in [9.17, 15) is 9.18 Å². The number of nitrogens with one attached hydrogen (secondary N) is 1. The summed E-state index contributed by atoms with van der Waals surface area (Å²) in [5.74, 6) is 1.07. The number of hydrogen-bond donors (Lipinski definition) is 1. The number of carbonyl (C=O) groups is 1. The van der Waals surface area contributed by atoms with Crippen molar-refractivity contribution >= 4 is 39.3 Å². The molecule has 1 fully saturated rings. The summed E-state index contributed by atoms with van der Waals surface area (Å²) >= 11 is 3.26. The maximum Gasteiger partial charge on any atom is 0.167 e. The minimum absolute atomic E-state index is 0.0362. The molecule has 1 saturated heterocycles. The van der Waals surface area contributed by atoms with Crippen molar-refractivity contribution in [2.45, 2.75) is 6.04 Å². The van der Waals surface area contributed by atoms with E-state index in [1.165, 1.54) is 12.1 Å². The van der Waals surface area contributed by atoms with Crippen molar-refractivity contribution in [1.82, 2.24) is 5.32 Å². The summed E-state index contributed by atoms with van der Waals surface area (Å²) in [4.78, 5) is 19.1. The van der Waals surface area contributed by atoms with Gasteiger partial charge < -0.3 is 15.0 Å². The molecule has 2 aliphatic rings. The quantitative estimate of drug-likeness (QED) is 0.757. The highest BCUT2D eigenvalue weighted by Gasteiger charge is 2.38. The van der Waals surface area contributed by atoms with Gasteiger partial charge in [0.05, 0.1) is 18.1 Å². The van der Waals surface area contributed by atoms with Gasteiger partial charge in [0.2, 0.25) is 0 Å². The number of carbonyl (C=O) groups excluding carboxylic acids is 1. The maximum atomic E-state index is 13.8. The van der Waals surface area contributed by atoms with Crippen molar-refractivity contribution in [3.05, 3.63) is 65.2 Å². The number of halogens is 2. The molecule has 0 radical (unpaired) electrons. The summed E-state index contributed by atoms with van der Waals surface area (Å²) in [6.07, 6.45) is 1.63. The minimum Gasteiger partial charge on any atom is -0.496 e. The zero-order valence-electron chi connectivity index (χ0n) is 14.6. The van der Waals surface area contributed by atoms with E-state index in [4.69, 9.17) is 4.74 Å². The largest absolute Gasteiger partial charge is 0.496 e. The highest BCUT2D eigenvalue weighted by molar-refractivity contribution is 9.09. The SMILES string of the molecule is COc1ccccc1C1=C2NCC(C(=O)CBr)N2c2ccc(F)cc2C=N1. The van der Waals surface area contributed by atoms with Crippen molar-refractivity contribution in [3.8, 4) is 5.75 Å². The second-order valence-corrected chi connectivity index (χ2v) is 6.79. The van der Waals surface area contributed by atoms with Gasteiger partial charge in [-0.2, -0.15) is 0 Å². The van der Waals surface area contributed by atoms with Crippen molar-refractivity contribution in [2.75, 3.05) is 23.9 Å². The van der Waals surface area contributed by atoms with Gasteiger partial charge in [-0.15, -0.1) is 0 Å². The van der Waals surface area contributed by atoms with Gasteiger partial charge in [0.1, 0.15) is 29.1 Å². The monoisotopic (exact) mass is 429 g/mol. The minimum atomic E-state index is -0.407. The van der Waals surface area contributed by atoms with Crippen LogP contribution in [0.1, 0.15) is 11.1 Å². The lowest BCUT2D eigenvalue weighted by atomic mass is 10.1. The molecule has 0 aromatic heterocycles. The van der Waals surface area contributed by atoms with Crippen molar-refractivity contribution in [1.29, 1.82) is 0 Å². The molecule has 0 aliphatic carbocycles. The number of anilines is 1. The Morgan fingerprint density at radius 3 is 2.96 bits per heavy atom. The van der Waals surface area contributed by atoms with Gasteiger partial charge in [-0.05, 0) is 30.3 Å². The number of aliphatic imine (C=N–C) groups is 1. The molecule has 0 bridgehead atoms. The number of benzene rings is 2. The van der Waals surface area contributed by atoms with Gasteiger partial charge in [0.25, 0.3) is 0 Å². The number of ketones is 1. The Morgan fingerprint density at radius 2 is 2.19 bits per heavy atom. The first kappa shape index (κ1) is 17.7. The summed E-state index contributed by atoms with van der Waals surface area (Å²) < 4.78 is 19.3.